The number of ketones is 1. The summed E-state index contributed by atoms with van der Waals surface area (Å²) in [5.74, 6) is -0.252. The first-order chi connectivity index (χ1) is 18.6. The van der Waals surface area contributed by atoms with E-state index in [9.17, 15) is 18.0 Å². The number of methoxy groups -OCH3 is 2. The molecule has 0 unspecified atom stereocenters. The van der Waals surface area contributed by atoms with Gasteiger partial charge in [-0.1, -0.05) is 44.2 Å². The SMILES string of the molecule is CCc1c(OC)cc(C(=O)N(CCCc2ccccc2)Cc2nc(C(=O)CS(=O)(=O)CC)c(C)s2)cc1OC. The maximum Gasteiger partial charge on any atom is 0.254 e. The zero-order chi connectivity index (χ0) is 28.6. The first-order valence-corrected chi connectivity index (χ1v) is 15.5. The number of ether oxygens (including phenoxy) is 2. The van der Waals surface area contributed by atoms with E-state index in [1.54, 1.807) is 38.2 Å². The van der Waals surface area contributed by atoms with Crippen LogP contribution in [0.1, 0.15) is 62.1 Å². The number of thiazole rings is 1. The molecule has 2 aromatic carbocycles. The van der Waals surface area contributed by atoms with Gasteiger partial charge >= 0.3 is 0 Å². The van der Waals surface area contributed by atoms with Crippen molar-refractivity contribution in [2.45, 2.75) is 46.6 Å². The third-order valence-corrected chi connectivity index (χ3v) is 8.99. The fourth-order valence-electron chi connectivity index (χ4n) is 4.32. The average Bonchev–Trinajstić information content (AvgIpc) is 3.31. The molecule has 0 bridgehead atoms. The number of Topliss-reactive ketones (excluding diaryl/α,β-unsaturated/α-hetero) is 1. The number of hydrogen-bond donors (Lipinski definition) is 0. The standard InChI is InChI=1S/C29H36N2O6S2/c1-6-23-25(36-4)16-22(17-26(23)37-5)29(33)31(15-11-14-21-12-9-8-10-13-21)18-27-30-28(20(3)38-27)24(32)19-39(34,35)7-2/h8-10,12-13,16-17H,6-7,11,14-15,18-19H2,1-5H3. The summed E-state index contributed by atoms with van der Waals surface area (Å²) in [5, 5.41) is 0.571. The second kappa shape index (κ2) is 13.7. The first-order valence-electron chi connectivity index (χ1n) is 12.9. The Kier molecular flexibility index (Phi) is 10.7. The van der Waals surface area contributed by atoms with Crippen LogP contribution in [-0.4, -0.2) is 62.3 Å². The number of rotatable bonds is 14. The van der Waals surface area contributed by atoms with Crippen molar-refractivity contribution in [2.24, 2.45) is 0 Å². The highest BCUT2D eigenvalue weighted by Crippen LogP contribution is 2.32. The minimum atomic E-state index is -3.48. The summed E-state index contributed by atoms with van der Waals surface area (Å²) in [6, 6.07) is 13.5. The summed E-state index contributed by atoms with van der Waals surface area (Å²) in [6.07, 6.45) is 2.20. The lowest BCUT2D eigenvalue weighted by Gasteiger charge is -2.23. The smallest absolute Gasteiger partial charge is 0.254 e. The fourth-order valence-corrected chi connectivity index (χ4v) is 6.03. The van der Waals surface area contributed by atoms with Crippen LogP contribution >= 0.6 is 11.3 Å². The van der Waals surface area contributed by atoms with Crippen LogP contribution in [0.25, 0.3) is 0 Å². The largest absolute Gasteiger partial charge is 0.496 e. The highest BCUT2D eigenvalue weighted by atomic mass is 32.2. The molecule has 39 heavy (non-hydrogen) atoms. The van der Waals surface area contributed by atoms with Gasteiger partial charge in [0.1, 0.15) is 28.0 Å². The molecule has 0 fully saturated rings. The van der Waals surface area contributed by atoms with Crippen LogP contribution < -0.4 is 9.47 Å². The van der Waals surface area contributed by atoms with E-state index in [4.69, 9.17) is 9.47 Å². The van der Waals surface area contributed by atoms with Gasteiger partial charge in [-0.25, -0.2) is 13.4 Å². The lowest BCUT2D eigenvalue weighted by Crippen LogP contribution is -2.32. The maximum absolute atomic E-state index is 13.8. The van der Waals surface area contributed by atoms with Crippen molar-refractivity contribution in [2.75, 3.05) is 32.3 Å². The molecule has 3 rings (SSSR count). The number of sulfone groups is 1. The quantitative estimate of drug-likeness (QED) is 0.253. The molecular weight excluding hydrogens is 536 g/mol. The van der Waals surface area contributed by atoms with Gasteiger partial charge in [0.25, 0.3) is 5.91 Å². The summed E-state index contributed by atoms with van der Waals surface area (Å²) in [7, 11) is -0.348. The second-order valence-electron chi connectivity index (χ2n) is 9.14. The molecule has 0 atom stereocenters. The van der Waals surface area contributed by atoms with Crippen LogP contribution in [0.15, 0.2) is 42.5 Å². The normalized spacial score (nSPS) is 11.3. The van der Waals surface area contributed by atoms with Crippen molar-refractivity contribution >= 4 is 32.9 Å². The van der Waals surface area contributed by atoms with Gasteiger partial charge in [-0.05, 0) is 43.9 Å². The van der Waals surface area contributed by atoms with Crippen LogP contribution in [0.4, 0.5) is 0 Å². The molecule has 0 saturated carbocycles. The number of hydrogen-bond acceptors (Lipinski definition) is 8. The average molecular weight is 573 g/mol. The van der Waals surface area contributed by atoms with E-state index in [1.807, 2.05) is 25.1 Å². The molecular formula is C29H36N2O6S2. The summed E-state index contributed by atoms with van der Waals surface area (Å²) in [6.45, 7) is 5.89. The molecule has 210 valence electrons. The molecule has 1 amide bonds. The number of aromatic nitrogens is 1. The molecule has 8 nitrogen and oxygen atoms in total. The van der Waals surface area contributed by atoms with Gasteiger partial charge in [0.2, 0.25) is 0 Å². The highest BCUT2D eigenvalue weighted by Gasteiger charge is 2.25. The summed E-state index contributed by atoms with van der Waals surface area (Å²) in [5.41, 5.74) is 2.64. The Morgan fingerprint density at radius 1 is 1.03 bits per heavy atom. The molecule has 0 N–H and O–H groups in total. The van der Waals surface area contributed by atoms with Gasteiger partial charge in [-0.3, -0.25) is 9.59 Å². The van der Waals surface area contributed by atoms with E-state index in [2.05, 4.69) is 17.1 Å². The Balaban J connectivity index is 1.90. The Morgan fingerprint density at radius 2 is 1.67 bits per heavy atom. The van der Waals surface area contributed by atoms with Crippen molar-refractivity contribution in [1.29, 1.82) is 0 Å². The topological polar surface area (TPSA) is 103 Å². The number of benzene rings is 2. The van der Waals surface area contributed by atoms with E-state index in [1.165, 1.54) is 23.8 Å². The molecule has 3 aromatic rings. The Bertz CT molecular complexity index is 1380. The molecule has 0 spiro atoms. The molecule has 0 aliphatic heterocycles. The Labute approximate surface area is 234 Å². The van der Waals surface area contributed by atoms with Gasteiger partial charge in [0.05, 0.1) is 20.8 Å². The zero-order valence-corrected chi connectivity index (χ0v) is 24.8. The second-order valence-corrected chi connectivity index (χ2v) is 12.8. The molecule has 1 heterocycles. The van der Waals surface area contributed by atoms with Gasteiger partial charge in [-0.2, -0.15) is 0 Å². The maximum atomic E-state index is 13.8. The monoisotopic (exact) mass is 572 g/mol. The summed E-state index contributed by atoms with van der Waals surface area (Å²) < 4.78 is 35.1. The van der Waals surface area contributed by atoms with Crippen molar-refractivity contribution in [3.05, 3.63) is 74.7 Å². The van der Waals surface area contributed by atoms with Crippen LogP contribution in [0.3, 0.4) is 0 Å². The molecule has 0 aliphatic rings. The predicted octanol–water partition coefficient (Wildman–Crippen LogP) is 4.92. The van der Waals surface area contributed by atoms with E-state index in [0.717, 1.165) is 18.4 Å². The lowest BCUT2D eigenvalue weighted by molar-refractivity contribution is 0.0740. The van der Waals surface area contributed by atoms with Gasteiger partial charge in [-0.15, -0.1) is 11.3 Å². The van der Waals surface area contributed by atoms with Crippen molar-refractivity contribution in [1.82, 2.24) is 9.88 Å². The van der Waals surface area contributed by atoms with E-state index in [-0.39, 0.29) is 23.9 Å². The number of carbonyl (C=O) groups excluding carboxylic acids is 2. The first kappa shape index (κ1) is 30.3. The number of nitrogens with zero attached hydrogens (tertiary/aromatic N) is 2. The minimum absolute atomic E-state index is 0.109. The van der Waals surface area contributed by atoms with E-state index < -0.39 is 21.4 Å². The van der Waals surface area contributed by atoms with Gasteiger partial charge in [0, 0.05) is 28.3 Å². The summed E-state index contributed by atoms with van der Waals surface area (Å²) in [4.78, 5) is 33.3. The van der Waals surface area contributed by atoms with Crippen LogP contribution in [-0.2, 0) is 29.2 Å². The Hall–Kier alpha value is -3.24. The fraction of sp³-hybridized carbons (Fsp3) is 0.414. The van der Waals surface area contributed by atoms with Gasteiger partial charge in [0.15, 0.2) is 15.6 Å². The molecule has 0 radical (unpaired) electrons. The van der Waals surface area contributed by atoms with Crippen LogP contribution in [0.2, 0.25) is 0 Å². The highest BCUT2D eigenvalue weighted by molar-refractivity contribution is 7.92. The van der Waals surface area contributed by atoms with Crippen molar-refractivity contribution in [3.8, 4) is 11.5 Å². The molecule has 1 aromatic heterocycles. The molecule has 10 heteroatoms. The van der Waals surface area contributed by atoms with E-state index in [0.29, 0.717) is 39.9 Å². The minimum Gasteiger partial charge on any atom is -0.496 e. The van der Waals surface area contributed by atoms with Crippen LogP contribution in [0, 0.1) is 6.92 Å². The van der Waals surface area contributed by atoms with Crippen molar-refractivity contribution in [3.63, 3.8) is 0 Å². The number of aryl methyl sites for hydroxylation is 2. The van der Waals surface area contributed by atoms with Crippen molar-refractivity contribution < 1.29 is 27.5 Å². The third kappa shape index (κ3) is 7.89. The zero-order valence-electron chi connectivity index (χ0n) is 23.2. The number of amides is 1. The van der Waals surface area contributed by atoms with Gasteiger partial charge < -0.3 is 14.4 Å². The molecule has 0 saturated heterocycles. The lowest BCUT2D eigenvalue weighted by atomic mass is 10.0. The Morgan fingerprint density at radius 3 is 2.23 bits per heavy atom. The number of carbonyl (C=O) groups is 2. The predicted molar refractivity (Wildman–Crippen MR) is 154 cm³/mol. The summed E-state index contributed by atoms with van der Waals surface area (Å²) >= 11 is 1.30. The third-order valence-electron chi connectivity index (χ3n) is 6.45. The van der Waals surface area contributed by atoms with Crippen LogP contribution in [0.5, 0.6) is 11.5 Å². The molecule has 0 aliphatic carbocycles. The van der Waals surface area contributed by atoms with E-state index >= 15 is 0 Å².